The molecule has 0 radical (unpaired) electrons. The molecule has 1 heterocycles. The van der Waals surface area contributed by atoms with E-state index in [1.807, 2.05) is 0 Å². The second kappa shape index (κ2) is 9.91. The van der Waals surface area contributed by atoms with E-state index >= 15 is 0 Å². The largest absolute Gasteiger partial charge is 0.461 e. The molecule has 3 rings (SSSR count). The van der Waals surface area contributed by atoms with Crippen molar-refractivity contribution in [2.24, 2.45) is 5.92 Å². The third-order valence-corrected chi connectivity index (χ3v) is 6.46. The summed E-state index contributed by atoms with van der Waals surface area (Å²) in [5, 5.41) is 0. The summed E-state index contributed by atoms with van der Waals surface area (Å²) < 4.78 is 11.8. The molecule has 3 atom stereocenters. The zero-order valence-corrected chi connectivity index (χ0v) is 16.1. The van der Waals surface area contributed by atoms with Gasteiger partial charge in [0.1, 0.15) is 6.10 Å². The van der Waals surface area contributed by atoms with E-state index in [1.54, 1.807) is 0 Å². The number of carbonyl (C=O) groups excluding carboxylic acids is 1. The summed E-state index contributed by atoms with van der Waals surface area (Å²) >= 11 is 0. The minimum absolute atomic E-state index is 0.0892. The van der Waals surface area contributed by atoms with Gasteiger partial charge in [-0.3, -0.25) is 9.69 Å². The van der Waals surface area contributed by atoms with E-state index in [0.29, 0.717) is 12.1 Å². The van der Waals surface area contributed by atoms with E-state index < -0.39 is 0 Å². The van der Waals surface area contributed by atoms with Crippen LogP contribution in [0, 0.1) is 5.92 Å². The van der Waals surface area contributed by atoms with Crippen molar-refractivity contribution in [1.82, 2.24) is 4.90 Å². The van der Waals surface area contributed by atoms with Gasteiger partial charge in [-0.2, -0.15) is 0 Å². The molecule has 1 unspecified atom stereocenters. The van der Waals surface area contributed by atoms with Gasteiger partial charge in [0.05, 0.1) is 6.10 Å². The Bertz CT molecular complexity index is 408. The molecule has 0 aromatic carbocycles. The van der Waals surface area contributed by atoms with E-state index in [4.69, 9.17) is 9.47 Å². The number of rotatable bonds is 7. The van der Waals surface area contributed by atoms with Gasteiger partial charge >= 0.3 is 5.97 Å². The Labute approximate surface area is 153 Å². The summed E-state index contributed by atoms with van der Waals surface area (Å²) in [7, 11) is 0. The van der Waals surface area contributed by atoms with E-state index in [2.05, 4.69) is 4.90 Å². The zero-order chi connectivity index (χ0) is 17.5. The van der Waals surface area contributed by atoms with E-state index in [1.165, 1.54) is 77.6 Å². The van der Waals surface area contributed by atoms with Gasteiger partial charge in [-0.25, -0.2) is 0 Å². The van der Waals surface area contributed by atoms with Gasteiger partial charge in [-0.1, -0.05) is 44.9 Å². The first-order valence-corrected chi connectivity index (χ1v) is 10.8. The summed E-state index contributed by atoms with van der Waals surface area (Å²) in [6.07, 6.45) is 16.3. The molecule has 0 spiro atoms. The molecule has 1 saturated heterocycles. The second-order valence-electron chi connectivity index (χ2n) is 8.42. The third-order valence-electron chi connectivity index (χ3n) is 6.46. The van der Waals surface area contributed by atoms with Gasteiger partial charge in [-0.05, 0) is 38.0 Å². The molecule has 25 heavy (non-hydrogen) atoms. The molecular weight excluding hydrogens is 314 g/mol. The van der Waals surface area contributed by atoms with Crippen molar-refractivity contribution in [2.75, 3.05) is 19.7 Å². The summed E-state index contributed by atoms with van der Waals surface area (Å²) in [5.41, 5.74) is 0. The van der Waals surface area contributed by atoms with Crippen LogP contribution in [0.2, 0.25) is 0 Å². The summed E-state index contributed by atoms with van der Waals surface area (Å²) in [6, 6.07) is 0.531. The monoisotopic (exact) mass is 351 g/mol. The number of likely N-dealkylation sites (tertiary alicyclic amines) is 1. The molecule has 0 bridgehead atoms. The highest BCUT2D eigenvalue weighted by molar-refractivity contribution is 5.66. The molecule has 2 saturated carbocycles. The number of esters is 1. The van der Waals surface area contributed by atoms with E-state index in [0.717, 1.165) is 32.0 Å². The first kappa shape index (κ1) is 19.2. The standard InChI is InChI=1S/C21H37NO3/c1-17(23)25-19-13-14-22(16-19)20-11-5-6-12-21(20)24-15-7-10-18-8-3-2-4-9-18/h18-21H,2-16H2,1H3/t19?,20-,21+/m1/s1. The first-order valence-electron chi connectivity index (χ1n) is 10.8. The van der Waals surface area contributed by atoms with Crippen molar-refractivity contribution in [2.45, 2.75) is 102 Å². The number of ether oxygens (including phenoxy) is 2. The number of nitrogens with zero attached hydrogens (tertiary/aromatic N) is 1. The fourth-order valence-corrected chi connectivity index (χ4v) is 5.16. The molecule has 4 heteroatoms. The lowest BCUT2D eigenvalue weighted by molar-refractivity contribution is -0.145. The van der Waals surface area contributed by atoms with Crippen molar-refractivity contribution in [3.63, 3.8) is 0 Å². The maximum absolute atomic E-state index is 11.2. The molecule has 3 fully saturated rings. The second-order valence-corrected chi connectivity index (χ2v) is 8.42. The van der Waals surface area contributed by atoms with Crippen LogP contribution in [-0.4, -0.2) is 48.8 Å². The molecule has 0 aromatic heterocycles. The molecule has 3 aliphatic rings. The van der Waals surface area contributed by atoms with Crippen molar-refractivity contribution in [1.29, 1.82) is 0 Å². The van der Waals surface area contributed by atoms with Crippen molar-refractivity contribution in [3.05, 3.63) is 0 Å². The number of hydrogen-bond acceptors (Lipinski definition) is 4. The molecule has 0 amide bonds. The van der Waals surface area contributed by atoms with Gasteiger partial charge in [0.25, 0.3) is 0 Å². The highest BCUT2D eigenvalue weighted by Gasteiger charge is 2.36. The molecule has 1 aliphatic heterocycles. The Kier molecular flexibility index (Phi) is 7.60. The third kappa shape index (κ3) is 5.96. The van der Waals surface area contributed by atoms with Crippen LogP contribution in [0.4, 0.5) is 0 Å². The Morgan fingerprint density at radius 3 is 2.56 bits per heavy atom. The van der Waals surface area contributed by atoms with E-state index in [9.17, 15) is 4.79 Å². The van der Waals surface area contributed by atoms with Crippen LogP contribution in [0.25, 0.3) is 0 Å². The molecule has 0 N–H and O–H groups in total. The normalized spacial score (nSPS) is 32.0. The van der Waals surface area contributed by atoms with Crippen molar-refractivity contribution >= 4 is 5.97 Å². The fraction of sp³-hybridized carbons (Fsp3) is 0.952. The van der Waals surface area contributed by atoms with Crippen LogP contribution < -0.4 is 0 Å². The Morgan fingerprint density at radius 2 is 1.76 bits per heavy atom. The average molecular weight is 352 g/mol. The highest BCUT2D eigenvalue weighted by atomic mass is 16.5. The van der Waals surface area contributed by atoms with Crippen molar-refractivity contribution < 1.29 is 14.3 Å². The lowest BCUT2D eigenvalue weighted by Crippen LogP contribution is -2.46. The Balaban J connectivity index is 1.39. The first-order chi connectivity index (χ1) is 12.2. The van der Waals surface area contributed by atoms with Crippen LogP contribution in [0.1, 0.15) is 84.0 Å². The number of hydrogen-bond donors (Lipinski definition) is 0. The summed E-state index contributed by atoms with van der Waals surface area (Å²) in [4.78, 5) is 13.7. The molecular formula is C21H37NO3. The fourth-order valence-electron chi connectivity index (χ4n) is 5.16. The van der Waals surface area contributed by atoms with Gasteiger partial charge in [0.15, 0.2) is 0 Å². The number of carbonyl (C=O) groups is 1. The van der Waals surface area contributed by atoms with Gasteiger partial charge in [0, 0.05) is 32.7 Å². The molecule has 2 aliphatic carbocycles. The molecule has 0 aromatic rings. The predicted octanol–water partition coefficient (Wildman–Crippen LogP) is 4.31. The van der Waals surface area contributed by atoms with Crippen molar-refractivity contribution in [3.8, 4) is 0 Å². The molecule has 4 nitrogen and oxygen atoms in total. The predicted molar refractivity (Wildman–Crippen MR) is 99.5 cm³/mol. The van der Waals surface area contributed by atoms with Crippen LogP contribution >= 0.6 is 0 Å². The van der Waals surface area contributed by atoms with Crippen LogP contribution in [-0.2, 0) is 14.3 Å². The lowest BCUT2D eigenvalue weighted by Gasteiger charge is -2.37. The average Bonchev–Trinajstić information content (AvgIpc) is 3.07. The minimum Gasteiger partial charge on any atom is -0.461 e. The highest BCUT2D eigenvalue weighted by Crippen LogP contribution is 2.30. The molecule has 144 valence electrons. The quantitative estimate of drug-likeness (QED) is 0.506. The van der Waals surface area contributed by atoms with Gasteiger partial charge in [-0.15, -0.1) is 0 Å². The van der Waals surface area contributed by atoms with Gasteiger partial charge in [0.2, 0.25) is 0 Å². The lowest BCUT2D eigenvalue weighted by atomic mass is 9.86. The van der Waals surface area contributed by atoms with E-state index in [-0.39, 0.29) is 12.1 Å². The maximum atomic E-state index is 11.2. The minimum atomic E-state index is -0.147. The van der Waals surface area contributed by atoms with Crippen LogP contribution in [0.5, 0.6) is 0 Å². The summed E-state index contributed by atoms with van der Waals surface area (Å²) in [5.74, 6) is 0.813. The smallest absolute Gasteiger partial charge is 0.302 e. The maximum Gasteiger partial charge on any atom is 0.302 e. The van der Waals surface area contributed by atoms with Gasteiger partial charge < -0.3 is 9.47 Å². The van der Waals surface area contributed by atoms with Crippen LogP contribution in [0.15, 0.2) is 0 Å². The Morgan fingerprint density at radius 1 is 1.00 bits per heavy atom. The zero-order valence-electron chi connectivity index (χ0n) is 16.1. The SMILES string of the molecule is CC(=O)OC1CCN([C@@H]2CCCC[C@@H]2OCCCC2CCCCC2)C1. The Hall–Kier alpha value is -0.610. The summed E-state index contributed by atoms with van der Waals surface area (Å²) in [6.45, 7) is 4.39. The topological polar surface area (TPSA) is 38.8 Å². The van der Waals surface area contributed by atoms with Crippen LogP contribution in [0.3, 0.4) is 0 Å².